The largest absolute Gasteiger partial charge is 0.281 e. The van der Waals surface area contributed by atoms with Crippen molar-refractivity contribution in [3.63, 3.8) is 0 Å². The molecule has 2 heterocycles. The number of benzene rings is 1. The number of halogens is 1. The zero-order chi connectivity index (χ0) is 13.4. The molecule has 2 aromatic heterocycles. The molecule has 3 rings (SSSR count). The summed E-state index contributed by atoms with van der Waals surface area (Å²) in [6.07, 6.45) is 1.47. The van der Waals surface area contributed by atoms with Crippen LogP contribution in [0.15, 0.2) is 35.3 Å². The van der Waals surface area contributed by atoms with Gasteiger partial charge >= 0.3 is 0 Å². The zero-order valence-electron chi connectivity index (χ0n) is 10.1. The molecule has 0 fully saturated rings. The van der Waals surface area contributed by atoms with E-state index in [1.54, 1.807) is 19.2 Å². The van der Waals surface area contributed by atoms with E-state index < -0.39 is 0 Å². The minimum absolute atomic E-state index is 0.247. The smallest absolute Gasteiger partial charge is 0.267 e. The molecule has 0 aliphatic rings. The second-order valence-electron chi connectivity index (χ2n) is 4.18. The summed E-state index contributed by atoms with van der Waals surface area (Å²) in [5.41, 5.74) is 0.962. The molecule has 0 aliphatic heterocycles. The summed E-state index contributed by atoms with van der Waals surface area (Å²) < 4.78 is 15.5. The second kappa shape index (κ2) is 4.27. The molecule has 19 heavy (non-hydrogen) atoms. The Labute approximate surface area is 107 Å². The fraction of sp³-hybridized carbons (Fsp3) is 0.167. The molecule has 96 valence electrons. The number of rotatable bonds is 2. The average Bonchev–Trinajstić information content (AvgIpc) is 2.78. The Morgan fingerprint density at radius 3 is 2.74 bits per heavy atom. The number of fused-ring (bicyclic) bond motifs is 1. The summed E-state index contributed by atoms with van der Waals surface area (Å²) in [6.45, 7) is 0.247. The van der Waals surface area contributed by atoms with E-state index in [2.05, 4.69) is 15.4 Å². The van der Waals surface area contributed by atoms with Gasteiger partial charge in [0.25, 0.3) is 5.56 Å². The average molecular weight is 259 g/mol. The molecule has 1 aromatic carbocycles. The predicted octanol–water partition coefficient (Wildman–Crippen LogP) is 0.712. The lowest BCUT2D eigenvalue weighted by Gasteiger charge is -2.03. The van der Waals surface area contributed by atoms with Crippen molar-refractivity contribution in [1.29, 1.82) is 0 Å². The van der Waals surface area contributed by atoms with E-state index in [4.69, 9.17) is 0 Å². The molecule has 6 nitrogen and oxygen atoms in total. The van der Waals surface area contributed by atoms with Crippen LogP contribution in [0.25, 0.3) is 11.0 Å². The first kappa shape index (κ1) is 11.5. The highest BCUT2D eigenvalue weighted by molar-refractivity contribution is 5.72. The van der Waals surface area contributed by atoms with Crippen molar-refractivity contribution in [2.45, 2.75) is 6.54 Å². The molecule has 0 bridgehead atoms. The SMILES string of the molecule is Cn1ncc2c(=O)n(Cc3ccc(F)cc3)nnc21. The van der Waals surface area contributed by atoms with Gasteiger partial charge in [0.15, 0.2) is 5.65 Å². The first-order valence-electron chi connectivity index (χ1n) is 5.65. The molecule has 0 amide bonds. The van der Waals surface area contributed by atoms with Crippen molar-refractivity contribution >= 4 is 11.0 Å². The molecule has 3 aromatic rings. The Kier molecular flexibility index (Phi) is 2.59. The van der Waals surface area contributed by atoms with Gasteiger partial charge in [-0.05, 0) is 17.7 Å². The van der Waals surface area contributed by atoms with Crippen LogP contribution in [0.1, 0.15) is 5.56 Å². The number of nitrogens with zero attached hydrogens (tertiary/aromatic N) is 5. The van der Waals surface area contributed by atoms with Crippen LogP contribution in [-0.2, 0) is 13.6 Å². The summed E-state index contributed by atoms with van der Waals surface area (Å²) in [5.74, 6) is -0.315. The van der Waals surface area contributed by atoms with Gasteiger partial charge in [-0.3, -0.25) is 4.79 Å². The lowest BCUT2D eigenvalue weighted by Crippen LogP contribution is -2.24. The van der Waals surface area contributed by atoms with Gasteiger partial charge in [0, 0.05) is 7.05 Å². The van der Waals surface area contributed by atoms with Crippen LogP contribution in [0.3, 0.4) is 0 Å². The Morgan fingerprint density at radius 2 is 2.00 bits per heavy atom. The minimum atomic E-state index is -0.315. The van der Waals surface area contributed by atoms with Crippen molar-refractivity contribution < 1.29 is 4.39 Å². The molecule has 7 heteroatoms. The van der Waals surface area contributed by atoms with Gasteiger partial charge in [0.2, 0.25) is 0 Å². The monoisotopic (exact) mass is 259 g/mol. The number of hydrogen-bond donors (Lipinski definition) is 0. The highest BCUT2D eigenvalue weighted by Crippen LogP contribution is 2.05. The van der Waals surface area contributed by atoms with Gasteiger partial charge in [-0.2, -0.15) is 5.10 Å². The van der Waals surface area contributed by atoms with Crippen LogP contribution < -0.4 is 5.56 Å². The van der Waals surface area contributed by atoms with Crippen LogP contribution >= 0.6 is 0 Å². The maximum atomic E-state index is 12.8. The predicted molar refractivity (Wildman–Crippen MR) is 66.1 cm³/mol. The van der Waals surface area contributed by atoms with Crippen molar-refractivity contribution in [3.8, 4) is 0 Å². The fourth-order valence-corrected chi connectivity index (χ4v) is 1.84. The normalized spacial score (nSPS) is 11.1. The Hall–Kier alpha value is -2.57. The first-order chi connectivity index (χ1) is 9.15. The van der Waals surface area contributed by atoms with Gasteiger partial charge in [-0.1, -0.05) is 17.3 Å². The molecule has 0 N–H and O–H groups in total. The molecule has 0 atom stereocenters. The fourth-order valence-electron chi connectivity index (χ4n) is 1.84. The van der Waals surface area contributed by atoms with Crippen molar-refractivity contribution in [2.75, 3.05) is 0 Å². The lowest BCUT2D eigenvalue weighted by molar-refractivity contribution is 0.591. The highest BCUT2D eigenvalue weighted by Gasteiger charge is 2.09. The third-order valence-electron chi connectivity index (χ3n) is 2.87. The highest BCUT2D eigenvalue weighted by atomic mass is 19.1. The van der Waals surface area contributed by atoms with Gasteiger partial charge in [-0.25, -0.2) is 13.8 Å². The van der Waals surface area contributed by atoms with E-state index >= 15 is 0 Å². The van der Waals surface area contributed by atoms with Gasteiger partial charge < -0.3 is 0 Å². The quantitative estimate of drug-likeness (QED) is 0.680. The molecule has 0 unspecified atom stereocenters. The standard InChI is InChI=1S/C12H10FN5O/c1-17-11-10(6-14-17)12(19)18(16-15-11)7-8-2-4-9(13)5-3-8/h2-6H,7H2,1H3. The van der Waals surface area contributed by atoms with Gasteiger partial charge in [0.1, 0.15) is 11.2 Å². The van der Waals surface area contributed by atoms with E-state index in [0.717, 1.165) is 5.56 Å². The van der Waals surface area contributed by atoms with Gasteiger partial charge in [-0.15, -0.1) is 5.10 Å². The van der Waals surface area contributed by atoms with Crippen LogP contribution in [-0.4, -0.2) is 24.8 Å². The van der Waals surface area contributed by atoms with Crippen molar-refractivity contribution in [1.82, 2.24) is 24.8 Å². The molecule has 0 radical (unpaired) electrons. The molecular weight excluding hydrogens is 249 g/mol. The number of hydrogen-bond acceptors (Lipinski definition) is 4. The molecular formula is C12H10FN5O. The maximum absolute atomic E-state index is 12.8. The third-order valence-corrected chi connectivity index (χ3v) is 2.87. The van der Waals surface area contributed by atoms with E-state index in [9.17, 15) is 9.18 Å². The summed E-state index contributed by atoms with van der Waals surface area (Å²) in [6, 6.07) is 5.90. The summed E-state index contributed by atoms with van der Waals surface area (Å²) in [5, 5.41) is 12.2. The molecule has 0 saturated carbocycles. The molecule has 0 saturated heterocycles. The maximum Gasteiger partial charge on any atom is 0.281 e. The van der Waals surface area contributed by atoms with Crippen LogP contribution in [0, 0.1) is 5.82 Å². The summed E-state index contributed by atoms with van der Waals surface area (Å²) in [4.78, 5) is 12.1. The Bertz CT molecular complexity index is 790. The van der Waals surface area contributed by atoms with Crippen molar-refractivity contribution in [3.05, 3.63) is 52.2 Å². The minimum Gasteiger partial charge on any atom is -0.267 e. The zero-order valence-corrected chi connectivity index (χ0v) is 10.1. The Balaban J connectivity index is 2.04. The van der Waals surface area contributed by atoms with E-state index in [-0.39, 0.29) is 17.9 Å². The molecule has 0 spiro atoms. The van der Waals surface area contributed by atoms with Crippen LogP contribution in [0.2, 0.25) is 0 Å². The van der Waals surface area contributed by atoms with E-state index in [0.29, 0.717) is 11.0 Å². The first-order valence-corrected chi connectivity index (χ1v) is 5.65. The van der Waals surface area contributed by atoms with Crippen LogP contribution in [0.5, 0.6) is 0 Å². The number of aryl methyl sites for hydroxylation is 1. The lowest BCUT2D eigenvalue weighted by atomic mass is 10.2. The Morgan fingerprint density at radius 1 is 1.26 bits per heavy atom. The summed E-state index contributed by atoms with van der Waals surface area (Å²) in [7, 11) is 1.70. The van der Waals surface area contributed by atoms with E-state index in [1.165, 1.54) is 27.7 Å². The third kappa shape index (κ3) is 1.99. The molecule has 0 aliphatic carbocycles. The number of aromatic nitrogens is 5. The summed E-state index contributed by atoms with van der Waals surface area (Å²) >= 11 is 0. The van der Waals surface area contributed by atoms with Gasteiger partial charge in [0.05, 0.1) is 12.7 Å². The van der Waals surface area contributed by atoms with E-state index in [1.807, 2.05) is 0 Å². The van der Waals surface area contributed by atoms with Crippen LogP contribution in [0.4, 0.5) is 4.39 Å². The topological polar surface area (TPSA) is 65.6 Å². The second-order valence-corrected chi connectivity index (χ2v) is 4.18. The van der Waals surface area contributed by atoms with Crippen molar-refractivity contribution in [2.24, 2.45) is 7.05 Å².